The van der Waals surface area contributed by atoms with Gasteiger partial charge in [0.05, 0.1) is 12.5 Å². The quantitative estimate of drug-likeness (QED) is 0.138. The number of thioether (sulfide) groups is 2. The third-order valence-corrected chi connectivity index (χ3v) is 7.22. The Bertz CT molecular complexity index is 1160. The highest BCUT2D eigenvalue weighted by atomic mass is 32.2. The highest BCUT2D eigenvalue weighted by molar-refractivity contribution is 7.98. The lowest BCUT2D eigenvalue weighted by Crippen LogP contribution is -2.57. The van der Waals surface area contributed by atoms with Crippen molar-refractivity contribution in [3.8, 4) is 0 Å². The molecule has 39 heavy (non-hydrogen) atoms. The van der Waals surface area contributed by atoms with E-state index in [0.29, 0.717) is 11.5 Å². The Kier molecular flexibility index (Phi) is 13.1. The lowest BCUT2D eigenvalue weighted by Gasteiger charge is -2.25. The van der Waals surface area contributed by atoms with Crippen LogP contribution >= 0.6 is 23.5 Å². The van der Waals surface area contributed by atoms with E-state index in [-0.39, 0.29) is 19.3 Å². The van der Waals surface area contributed by atoms with Gasteiger partial charge in [-0.3, -0.25) is 19.2 Å². The molecule has 0 bridgehead atoms. The maximum absolute atomic E-state index is 13.2. The molecule has 0 radical (unpaired) electrons. The Morgan fingerprint density at radius 2 is 1.41 bits per heavy atom. The molecule has 0 spiro atoms. The zero-order valence-electron chi connectivity index (χ0n) is 21.8. The molecule has 3 amide bonds. The molecule has 8 N–H and O–H groups in total. The standard InChI is InChI=1S/C25H35N5O7S2/c1-38-9-7-18(28-22(33)16(26)12-21(31)32)23(34)29-19(8-10-39-2)24(35)30-20(25(36)37)11-14-13-27-17-6-4-3-5-15(14)17/h3-6,13,16,18-20,27H,7-12,26H2,1-2H3,(H,28,33)(H,29,34)(H,30,35)(H,31,32)(H,36,37). The molecule has 2 rings (SSSR count). The summed E-state index contributed by atoms with van der Waals surface area (Å²) in [6.45, 7) is 0. The molecule has 2 aromatic rings. The first-order valence-electron chi connectivity index (χ1n) is 12.2. The van der Waals surface area contributed by atoms with Gasteiger partial charge < -0.3 is 36.9 Å². The van der Waals surface area contributed by atoms with Crippen LogP contribution in [0.3, 0.4) is 0 Å². The van der Waals surface area contributed by atoms with Gasteiger partial charge in [-0.15, -0.1) is 0 Å². The fourth-order valence-corrected chi connectivity index (χ4v) is 4.78. The van der Waals surface area contributed by atoms with E-state index in [1.807, 2.05) is 36.8 Å². The van der Waals surface area contributed by atoms with Crippen LogP contribution in [0.4, 0.5) is 0 Å². The first kappa shape index (κ1) is 32.0. The Hall–Kier alpha value is -3.23. The predicted molar refractivity (Wildman–Crippen MR) is 152 cm³/mol. The molecule has 12 nitrogen and oxygen atoms in total. The Morgan fingerprint density at radius 3 is 1.95 bits per heavy atom. The number of nitrogens with two attached hydrogens (primary N) is 1. The van der Waals surface area contributed by atoms with Crippen molar-refractivity contribution in [3.63, 3.8) is 0 Å². The van der Waals surface area contributed by atoms with Gasteiger partial charge in [-0.2, -0.15) is 23.5 Å². The minimum atomic E-state index is -1.34. The van der Waals surface area contributed by atoms with E-state index in [1.54, 1.807) is 6.20 Å². The molecule has 0 saturated heterocycles. The number of fused-ring (bicyclic) bond motifs is 1. The normalized spacial score (nSPS) is 14.1. The molecular weight excluding hydrogens is 546 g/mol. The van der Waals surface area contributed by atoms with Gasteiger partial charge in [0.2, 0.25) is 17.7 Å². The van der Waals surface area contributed by atoms with Crippen molar-refractivity contribution < 1.29 is 34.2 Å². The molecule has 4 unspecified atom stereocenters. The van der Waals surface area contributed by atoms with Crippen LogP contribution in [-0.2, 0) is 30.4 Å². The monoisotopic (exact) mass is 581 g/mol. The van der Waals surface area contributed by atoms with Gasteiger partial charge in [-0.1, -0.05) is 18.2 Å². The molecule has 1 heterocycles. The maximum Gasteiger partial charge on any atom is 0.326 e. The van der Waals surface area contributed by atoms with Crippen molar-refractivity contribution >= 4 is 64.1 Å². The van der Waals surface area contributed by atoms with Gasteiger partial charge in [0.1, 0.15) is 18.1 Å². The number of carboxylic acid groups (broad SMARTS) is 2. The minimum absolute atomic E-state index is 0.0299. The average molecular weight is 582 g/mol. The number of para-hydroxylation sites is 1. The van der Waals surface area contributed by atoms with Gasteiger partial charge in [-0.05, 0) is 48.5 Å². The number of aromatic nitrogens is 1. The number of carboxylic acids is 2. The number of aliphatic carboxylic acids is 2. The summed E-state index contributed by atoms with van der Waals surface area (Å²) in [5.74, 6) is -3.58. The molecule has 4 atom stereocenters. The molecule has 0 fully saturated rings. The fourth-order valence-electron chi connectivity index (χ4n) is 3.83. The molecular formula is C25H35N5O7S2. The Labute approximate surface area is 234 Å². The van der Waals surface area contributed by atoms with Gasteiger partial charge in [0.15, 0.2) is 0 Å². The van der Waals surface area contributed by atoms with Crippen LogP contribution in [0.25, 0.3) is 10.9 Å². The fraction of sp³-hybridized carbons (Fsp3) is 0.480. The number of H-pyrrole nitrogens is 1. The van der Waals surface area contributed by atoms with E-state index < -0.39 is 60.2 Å². The number of amides is 3. The highest BCUT2D eigenvalue weighted by Gasteiger charge is 2.30. The first-order valence-corrected chi connectivity index (χ1v) is 15.0. The molecule has 0 aliphatic rings. The summed E-state index contributed by atoms with van der Waals surface area (Å²) < 4.78 is 0. The zero-order chi connectivity index (χ0) is 28.9. The summed E-state index contributed by atoms with van der Waals surface area (Å²) in [6.07, 6.45) is 5.22. The molecule has 0 saturated carbocycles. The third-order valence-electron chi connectivity index (χ3n) is 5.93. The van der Waals surface area contributed by atoms with Crippen molar-refractivity contribution in [1.29, 1.82) is 0 Å². The molecule has 1 aromatic carbocycles. The maximum atomic E-state index is 13.2. The number of hydrogen-bond donors (Lipinski definition) is 7. The lowest BCUT2D eigenvalue weighted by atomic mass is 10.0. The topological polar surface area (TPSA) is 204 Å². The van der Waals surface area contributed by atoms with Crippen molar-refractivity contribution in [2.75, 3.05) is 24.0 Å². The predicted octanol–water partition coefficient (Wildman–Crippen LogP) is 0.558. The summed E-state index contributed by atoms with van der Waals surface area (Å²) in [6, 6.07) is 2.70. The van der Waals surface area contributed by atoms with E-state index in [9.17, 15) is 29.1 Å². The Morgan fingerprint density at radius 1 is 0.872 bits per heavy atom. The van der Waals surface area contributed by atoms with Crippen LogP contribution in [0.1, 0.15) is 24.8 Å². The van der Waals surface area contributed by atoms with E-state index in [2.05, 4.69) is 20.9 Å². The lowest BCUT2D eigenvalue weighted by molar-refractivity contribution is -0.142. The van der Waals surface area contributed by atoms with Crippen LogP contribution < -0.4 is 21.7 Å². The highest BCUT2D eigenvalue weighted by Crippen LogP contribution is 2.19. The van der Waals surface area contributed by atoms with Gasteiger partial charge >= 0.3 is 11.9 Å². The molecule has 0 aliphatic carbocycles. The largest absolute Gasteiger partial charge is 0.481 e. The first-order chi connectivity index (χ1) is 18.6. The SMILES string of the molecule is CSCCC(NC(=O)C(N)CC(=O)O)C(=O)NC(CCSC)C(=O)NC(Cc1c[nH]c2ccccc12)C(=O)O. The van der Waals surface area contributed by atoms with Crippen molar-refractivity contribution in [1.82, 2.24) is 20.9 Å². The Balaban J connectivity index is 2.15. The van der Waals surface area contributed by atoms with Crippen molar-refractivity contribution in [2.24, 2.45) is 5.73 Å². The van der Waals surface area contributed by atoms with Gasteiger partial charge in [-0.25, -0.2) is 4.79 Å². The van der Waals surface area contributed by atoms with E-state index in [4.69, 9.17) is 10.8 Å². The zero-order valence-corrected chi connectivity index (χ0v) is 23.4. The summed E-state index contributed by atoms with van der Waals surface area (Å²) in [4.78, 5) is 64.7. The number of aromatic amines is 1. The summed E-state index contributed by atoms with van der Waals surface area (Å²) in [7, 11) is 0. The molecule has 214 valence electrons. The van der Waals surface area contributed by atoms with Crippen LogP contribution in [0, 0.1) is 0 Å². The number of carbonyl (C=O) groups is 5. The molecule has 14 heteroatoms. The second-order valence-corrected chi connectivity index (χ2v) is 10.8. The second-order valence-electron chi connectivity index (χ2n) is 8.85. The van der Waals surface area contributed by atoms with Crippen LogP contribution in [-0.4, -0.2) is 93.0 Å². The van der Waals surface area contributed by atoms with Gasteiger partial charge in [0, 0.05) is 23.5 Å². The molecule has 1 aromatic heterocycles. The van der Waals surface area contributed by atoms with E-state index in [0.717, 1.165) is 16.5 Å². The van der Waals surface area contributed by atoms with Crippen LogP contribution in [0.15, 0.2) is 30.5 Å². The average Bonchev–Trinajstić information content (AvgIpc) is 3.30. The number of benzene rings is 1. The number of carbonyl (C=O) groups excluding carboxylic acids is 3. The summed E-state index contributed by atoms with van der Waals surface area (Å²) >= 11 is 2.89. The van der Waals surface area contributed by atoms with E-state index >= 15 is 0 Å². The van der Waals surface area contributed by atoms with Crippen LogP contribution in [0.2, 0.25) is 0 Å². The third kappa shape index (κ3) is 10.1. The second kappa shape index (κ2) is 16.0. The van der Waals surface area contributed by atoms with Crippen molar-refractivity contribution in [3.05, 3.63) is 36.0 Å². The van der Waals surface area contributed by atoms with Crippen LogP contribution in [0.5, 0.6) is 0 Å². The smallest absolute Gasteiger partial charge is 0.326 e. The van der Waals surface area contributed by atoms with E-state index in [1.165, 1.54) is 23.5 Å². The van der Waals surface area contributed by atoms with Crippen molar-refractivity contribution in [2.45, 2.75) is 49.9 Å². The van der Waals surface area contributed by atoms with Gasteiger partial charge in [0.25, 0.3) is 0 Å². The summed E-state index contributed by atoms with van der Waals surface area (Å²) in [5, 5.41) is 27.2. The molecule has 0 aliphatic heterocycles. The number of hydrogen-bond acceptors (Lipinski definition) is 8. The number of nitrogens with one attached hydrogen (secondary N) is 4. The number of rotatable bonds is 17. The minimum Gasteiger partial charge on any atom is -0.481 e. The summed E-state index contributed by atoms with van der Waals surface area (Å²) in [5.41, 5.74) is 7.19.